The van der Waals surface area contributed by atoms with E-state index in [0.29, 0.717) is 27.6 Å². The highest BCUT2D eigenvalue weighted by Crippen LogP contribution is 2.30. The monoisotopic (exact) mass is 475 g/mol. The molecule has 0 aliphatic carbocycles. The number of carbonyl (C=O) groups is 1. The number of amides is 1. The number of nitro benzene ring substituents is 1. The number of hydrogen-bond acceptors (Lipinski definition) is 6. The Bertz CT molecular complexity index is 1370. The minimum atomic E-state index is -0.519. The molecule has 0 spiro atoms. The number of halogens is 1. The highest BCUT2D eigenvalue weighted by Gasteiger charge is 2.14. The summed E-state index contributed by atoms with van der Waals surface area (Å²) < 4.78 is 5.96. The summed E-state index contributed by atoms with van der Waals surface area (Å²) in [5, 5.41) is 22.2. The van der Waals surface area contributed by atoms with E-state index >= 15 is 0 Å². The molecule has 0 atom stereocenters. The van der Waals surface area contributed by atoms with Gasteiger partial charge in [-0.15, -0.1) is 0 Å². The van der Waals surface area contributed by atoms with Crippen LogP contribution in [-0.4, -0.2) is 27.2 Å². The van der Waals surface area contributed by atoms with Crippen molar-refractivity contribution in [2.24, 2.45) is 5.10 Å². The van der Waals surface area contributed by atoms with Crippen LogP contribution in [0.15, 0.2) is 84.0 Å². The molecule has 0 fully saturated rings. The van der Waals surface area contributed by atoms with Gasteiger partial charge in [0.1, 0.15) is 18.1 Å². The van der Waals surface area contributed by atoms with Crippen LogP contribution in [0.5, 0.6) is 5.75 Å². The zero-order valence-corrected chi connectivity index (χ0v) is 18.4. The van der Waals surface area contributed by atoms with Crippen molar-refractivity contribution in [2.45, 2.75) is 6.61 Å². The molecule has 9 nitrogen and oxygen atoms in total. The van der Waals surface area contributed by atoms with Gasteiger partial charge in [-0.3, -0.25) is 20.0 Å². The fourth-order valence-corrected chi connectivity index (χ4v) is 3.29. The van der Waals surface area contributed by atoms with E-state index in [9.17, 15) is 14.9 Å². The minimum Gasteiger partial charge on any atom is -0.488 e. The summed E-state index contributed by atoms with van der Waals surface area (Å²) in [6.07, 6.45) is 1.32. The zero-order valence-electron chi connectivity index (χ0n) is 17.6. The molecular formula is C24H18ClN5O4. The van der Waals surface area contributed by atoms with Crippen LogP contribution in [-0.2, 0) is 6.61 Å². The first kappa shape index (κ1) is 22.7. The highest BCUT2D eigenvalue weighted by molar-refractivity contribution is 6.31. The summed E-state index contributed by atoms with van der Waals surface area (Å²) in [6.45, 7) is 0.279. The lowest BCUT2D eigenvalue weighted by Gasteiger charge is -2.11. The van der Waals surface area contributed by atoms with E-state index in [1.807, 2.05) is 42.5 Å². The molecule has 0 aliphatic heterocycles. The smallest absolute Gasteiger partial charge is 0.289 e. The SMILES string of the molecule is O=C(N/N=C/c1cccc([N+](=O)[O-])c1)c1cc(-c2ccccc2OCc2ccccc2Cl)n[nH]1. The first-order valence-corrected chi connectivity index (χ1v) is 10.5. The number of para-hydroxylation sites is 1. The predicted octanol–water partition coefficient (Wildman–Crippen LogP) is 4.98. The van der Waals surface area contributed by atoms with Crippen molar-refractivity contribution < 1.29 is 14.5 Å². The molecule has 0 radical (unpaired) electrons. The van der Waals surface area contributed by atoms with E-state index in [-0.39, 0.29) is 18.0 Å². The van der Waals surface area contributed by atoms with E-state index in [2.05, 4.69) is 20.7 Å². The minimum absolute atomic E-state index is 0.0658. The number of nitrogens with one attached hydrogen (secondary N) is 2. The lowest BCUT2D eigenvalue weighted by molar-refractivity contribution is -0.384. The van der Waals surface area contributed by atoms with Gasteiger partial charge in [0.2, 0.25) is 0 Å². The summed E-state index contributed by atoms with van der Waals surface area (Å²) in [5.74, 6) is 0.0690. The fraction of sp³-hybridized carbons (Fsp3) is 0.0417. The molecule has 170 valence electrons. The van der Waals surface area contributed by atoms with Crippen molar-refractivity contribution in [3.05, 3.63) is 111 Å². The maximum atomic E-state index is 12.4. The largest absolute Gasteiger partial charge is 0.488 e. The number of carbonyl (C=O) groups excluding carboxylic acids is 1. The Morgan fingerprint density at radius 3 is 2.74 bits per heavy atom. The highest BCUT2D eigenvalue weighted by atomic mass is 35.5. The van der Waals surface area contributed by atoms with Gasteiger partial charge in [0.15, 0.2) is 0 Å². The number of hydrogen-bond donors (Lipinski definition) is 2. The second-order valence-electron chi connectivity index (χ2n) is 7.09. The molecule has 1 amide bonds. The molecule has 0 bridgehead atoms. The summed E-state index contributed by atoms with van der Waals surface area (Å²) >= 11 is 6.20. The standard InChI is InChI=1S/C24H18ClN5O4/c25-20-10-3-1-7-17(20)15-34-23-11-4-2-9-19(23)21-13-22(28-27-21)24(31)29-26-14-16-6-5-8-18(12-16)30(32)33/h1-14H,15H2,(H,27,28)(H,29,31)/b26-14+. The maximum absolute atomic E-state index is 12.4. The van der Waals surface area contributed by atoms with Crippen molar-refractivity contribution in [1.82, 2.24) is 15.6 Å². The van der Waals surface area contributed by atoms with E-state index in [4.69, 9.17) is 16.3 Å². The number of non-ortho nitro benzene ring substituents is 1. The van der Waals surface area contributed by atoms with Crippen molar-refractivity contribution in [2.75, 3.05) is 0 Å². The van der Waals surface area contributed by atoms with E-state index in [0.717, 1.165) is 5.56 Å². The molecule has 0 saturated carbocycles. The van der Waals surface area contributed by atoms with Crippen LogP contribution in [0.2, 0.25) is 5.02 Å². The Kier molecular flexibility index (Phi) is 6.95. The zero-order chi connectivity index (χ0) is 23.9. The number of rotatable bonds is 8. The molecule has 0 unspecified atom stereocenters. The van der Waals surface area contributed by atoms with Crippen LogP contribution in [0.1, 0.15) is 21.6 Å². The number of hydrazone groups is 1. The molecule has 0 saturated heterocycles. The average molecular weight is 476 g/mol. The lowest BCUT2D eigenvalue weighted by atomic mass is 10.1. The average Bonchev–Trinajstić information content (AvgIpc) is 3.34. The predicted molar refractivity (Wildman–Crippen MR) is 128 cm³/mol. The number of aromatic nitrogens is 2. The van der Waals surface area contributed by atoms with Gasteiger partial charge in [0, 0.05) is 33.8 Å². The lowest BCUT2D eigenvalue weighted by Crippen LogP contribution is -2.18. The number of H-pyrrole nitrogens is 1. The van der Waals surface area contributed by atoms with Crippen LogP contribution in [0.4, 0.5) is 5.69 Å². The number of aromatic amines is 1. The molecule has 1 heterocycles. The van der Waals surface area contributed by atoms with E-state index in [1.165, 1.54) is 24.4 Å². The van der Waals surface area contributed by atoms with Gasteiger partial charge in [-0.25, -0.2) is 5.43 Å². The molecule has 2 N–H and O–H groups in total. The third-order valence-electron chi connectivity index (χ3n) is 4.79. The third kappa shape index (κ3) is 5.45. The molecule has 10 heteroatoms. The van der Waals surface area contributed by atoms with Crippen LogP contribution in [0.3, 0.4) is 0 Å². The van der Waals surface area contributed by atoms with Gasteiger partial charge >= 0.3 is 0 Å². The first-order chi connectivity index (χ1) is 16.5. The van der Waals surface area contributed by atoms with Crippen molar-refractivity contribution >= 4 is 29.4 Å². The Balaban J connectivity index is 1.44. The van der Waals surface area contributed by atoms with Gasteiger partial charge in [-0.2, -0.15) is 10.2 Å². The molecule has 1 aromatic heterocycles. The van der Waals surface area contributed by atoms with Crippen molar-refractivity contribution in [3.8, 4) is 17.0 Å². The maximum Gasteiger partial charge on any atom is 0.289 e. The van der Waals surface area contributed by atoms with Crippen LogP contribution >= 0.6 is 11.6 Å². The van der Waals surface area contributed by atoms with Gasteiger partial charge in [-0.05, 0) is 24.3 Å². The second-order valence-corrected chi connectivity index (χ2v) is 7.50. The van der Waals surface area contributed by atoms with Crippen LogP contribution < -0.4 is 10.2 Å². The van der Waals surface area contributed by atoms with E-state index in [1.54, 1.807) is 18.2 Å². The summed E-state index contributed by atoms with van der Waals surface area (Å²) in [7, 11) is 0. The molecule has 34 heavy (non-hydrogen) atoms. The summed E-state index contributed by atoms with van der Waals surface area (Å²) in [4.78, 5) is 22.8. The quantitative estimate of drug-likeness (QED) is 0.211. The Labute approximate surface area is 199 Å². The van der Waals surface area contributed by atoms with Crippen LogP contribution in [0.25, 0.3) is 11.3 Å². The normalized spacial score (nSPS) is 10.9. The Hall–Kier alpha value is -4.50. The first-order valence-electron chi connectivity index (χ1n) is 10.1. The summed E-state index contributed by atoms with van der Waals surface area (Å²) in [6, 6.07) is 22.2. The van der Waals surface area contributed by atoms with Gasteiger partial charge < -0.3 is 4.74 Å². The van der Waals surface area contributed by atoms with Gasteiger partial charge in [0.25, 0.3) is 11.6 Å². The number of ether oxygens (including phenoxy) is 1. The topological polar surface area (TPSA) is 123 Å². The van der Waals surface area contributed by atoms with Crippen molar-refractivity contribution in [3.63, 3.8) is 0 Å². The third-order valence-corrected chi connectivity index (χ3v) is 5.16. The summed E-state index contributed by atoms with van der Waals surface area (Å²) in [5.41, 5.74) is 5.03. The van der Waals surface area contributed by atoms with Crippen molar-refractivity contribution in [1.29, 1.82) is 0 Å². The Morgan fingerprint density at radius 1 is 1.12 bits per heavy atom. The molecule has 4 aromatic rings. The number of nitro groups is 1. The number of benzene rings is 3. The van der Waals surface area contributed by atoms with E-state index < -0.39 is 10.8 Å². The fourth-order valence-electron chi connectivity index (χ4n) is 3.10. The number of nitrogens with zero attached hydrogens (tertiary/aromatic N) is 3. The van der Waals surface area contributed by atoms with Gasteiger partial charge in [-0.1, -0.05) is 54.1 Å². The molecule has 0 aliphatic rings. The second kappa shape index (κ2) is 10.4. The molecule has 3 aromatic carbocycles. The van der Waals surface area contributed by atoms with Crippen LogP contribution in [0, 0.1) is 10.1 Å². The Morgan fingerprint density at radius 2 is 1.91 bits per heavy atom. The molecular weight excluding hydrogens is 458 g/mol. The van der Waals surface area contributed by atoms with Gasteiger partial charge in [0.05, 0.1) is 16.8 Å². The molecule has 4 rings (SSSR count).